The van der Waals surface area contributed by atoms with Crippen LogP contribution >= 0.6 is 0 Å². The van der Waals surface area contributed by atoms with Gasteiger partial charge >= 0.3 is 0 Å². The van der Waals surface area contributed by atoms with E-state index in [2.05, 4.69) is 16.2 Å². The molecule has 1 fully saturated rings. The zero-order valence-electron chi connectivity index (χ0n) is 13.9. The average molecular weight is 323 g/mol. The molecule has 6 nitrogen and oxygen atoms in total. The third-order valence-electron chi connectivity index (χ3n) is 4.59. The summed E-state index contributed by atoms with van der Waals surface area (Å²) in [5, 5.41) is 13.2. The molecular formula is C18H21N5O. The lowest BCUT2D eigenvalue weighted by atomic mass is 9.85. The Morgan fingerprint density at radius 1 is 1.46 bits per heavy atom. The van der Waals surface area contributed by atoms with E-state index in [1.165, 1.54) is 19.3 Å². The van der Waals surface area contributed by atoms with Gasteiger partial charge in [0.25, 0.3) is 5.91 Å². The molecule has 3 rings (SSSR count). The third kappa shape index (κ3) is 3.30. The minimum absolute atomic E-state index is 0.0446. The first kappa shape index (κ1) is 16.2. The van der Waals surface area contributed by atoms with Crippen molar-refractivity contribution < 1.29 is 4.79 Å². The average Bonchev–Trinajstić information content (AvgIpc) is 2.95. The summed E-state index contributed by atoms with van der Waals surface area (Å²) in [4.78, 5) is 19.0. The summed E-state index contributed by atoms with van der Waals surface area (Å²) in [6, 6.07) is 7.73. The first-order chi connectivity index (χ1) is 11.7. The maximum atomic E-state index is 12.9. The van der Waals surface area contributed by atoms with Crippen LogP contribution in [-0.4, -0.2) is 38.7 Å². The topological polar surface area (TPSA) is 74.8 Å². The van der Waals surface area contributed by atoms with Crippen LogP contribution in [0.15, 0.2) is 30.6 Å². The van der Waals surface area contributed by atoms with Crippen molar-refractivity contribution in [1.29, 1.82) is 5.26 Å². The molecule has 1 saturated carbocycles. The van der Waals surface area contributed by atoms with Crippen LogP contribution < -0.4 is 0 Å². The summed E-state index contributed by atoms with van der Waals surface area (Å²) < 4.78 is 1.68. The van der Waals surface area contributed by atoms with Gasteiger partial charge in [-0.05, 0) is 37.8 Å². The Kier molecular flexibility index (Phi) is 4.90. The lowest BCUT2D eigenvalue weighted by Crippen LogP contribution is -2.38. The summed E-state index contributed by atoms with van der Waals surface area (Å²) in [5.41, 5.74) is 1.35. The molecule has 124 valence electrons. The summed E-state index contributed by atoms with van der Waals surface area (Å²) >= 11 is 0. The van der Waals surface area contributed by atoms with Crippen LogP contribution in [0.3, 0.4) is 0 Å². The van der Waals surface area contributed by atoms with Gasteiger partial charge in [0.2, 0.25) is 0 Å². The Hall–Kier alpha value is -2.68. The number of hydrogen-bond donors (Lipinski definition) is 0. The highest BCUT2D eigenvalue weighted by molar-refractivity contribution is 5.95. The Morgan fingerprint density at radius 2 is 2.29 bits per heavy atom. The third-order valence-corrected chi connectivity index (χ3v) is 4.59. The highest BCUT2D eigenvalue weighted by Crippen LogP contribution is 2.28. The van der Waals surface area contributed by atoms with Gasteiger partial charge in [0, 0.05) is 19.3 Å². The van der Waals surface area contributed by atoms with Gasteiger partial charge in [-0.3, -0.25) is 4.79 Å². The van der Waals surface area contributed by atoms with E-state index in [1.807, 2.05) is 25.1 Å². The number of hydrogen-bond acceptors (Lipinski definition) is 4. The molecule has 2 aromatic heterocycles. The molecule has 0 spiro atoms. The van der Waals surface area contributed by atoms with Gasteiger partial charge < -0.3 is 4.90 Å². The number of nitriles is 1. The van der Waals surface area contributed by atoms with Crippen LogP contribution in [0, 0.1) is 24.2 Å². The Morgan fingerprint density at radius 3 is 2.92 bits per heavy atom. The highest BCUT2D eigenvalue weighted by atomic mass is 16.2. The minimum atomic E-state index is -0.0446. The lowest BCUT2D eigenvalue weighted by molar-refractivity contribution is 0.0699. The van der Waals surface area contributed by atoms with E-state index >= 15 is 0 Å². The van der Waals surface area contributed by atoms with Crippen molar-refractivity contribution in [3.8, 4) is 11.9 Å². The van der Waals surface area contributed by atoms with Crippen molar-refractivity contribution in [2.24, 2.45) is 5.92 Å². The molecule has 0 saturated heterocycles. The Bertz CT molecular complexity index is 743. The molecule has 1 amide bonds. The molecule has 0 bridgehead atoms. The number of amides is 1. The molecule has 0 radical (unpaired) electrons. The molecule has 0 unspecified atom stereocenters. The number of carbonyl (C=O) groups is 1. The molecule has 24 heavy (non-hydrogen) atoms. The molecule has 0 aliphatic heterocycles. The van der Waals surface area contributed by atoms with Crippen LogP contribution in [0.2, 0.25) is 0 Å². The second-order valence-electron chi connectivity index (χ2n) is 6.20. The fourth-order valence-electron chi connectivity index (χ4n) is 2.95. The molecule has 2 aromatic rings. The van der Waals surface area contributed by atoms with Crippen LogP contribution in [0.1, 0.15) is 41.7 Å². The molecule has 0 N–H and O–H groups in total. The van der Waals surface area contributed by atoms with Crippen molar-refractivity contribution >= 4 is 5.91 Å². The van der Waals surface area contributed by atoms with Crippen molar-refractivity contribution in [3.05, 3.63) is 41.9 Å². The van der Waals surface area contributed by atoms with Crippen LogP contribution in [0.5, 0.6) is 0 Å². The van der Waals surface area contributed by atoms with Gasteiger partial charge in [-0.1, -0.05) is 12.5 Å². The summed E-state index contributed by atoms with van der Waals surface area (Å²) in [5.74, 6) is 1.22. The van der Waals surface area contributed by atoms with Crippen LogP contribution in [-0.2, 0) is 0 Å². The maximum absolute atomic E-state index is 12.9. The number of pyridine rings is 1. The van der Waals surface area contributed by atoms with Crippen molar-refractivity contribution in [2.45, 2.75) is 32.6 Å². The molecule has 0 aromatic carbocycles. The van der Waals surface area contributed by atoms with Crippen molar-refractivity contribution in [1.82, 2.24) is 19.7 Å². The predicted molar refractivity (Wildman–Crippen MR) is 89.6 cm³/mol. The van der Waals surface area contributed by atoms with Gasteiger partial charge in [0.05, 0.1) is 29.9 Å². The standard InChI is InChI=1S/C18H21N5O/c1-14-16(12-21-23(14)17-8-2-3-10-20-17)18(24)22(11-5-9-19)13-15-6-4-7-15/h2-3,8,10,12,15H,4-7,11,13H2,1H3. The van der Waals surface area contributed by atoms with Crippen LogP contribution in [0.25, 0.3) is 5.82 Å². The van der Waals surface area contributed by atoms with Crippen molar-refractivity contribution in [2.75, 3.05) is 13.1 Å². The van der Waals surface area contributed by atoms with E-state index in [0.717, 1.165) is 12.2 Å². The molecular weight excluding hydrogens is 302 g/mol. The molecule has 0 atom stereocenters. The number of carbonyl (C=O) groups excluding carboxylic acids is 1. The number of aromatic nitrogens is 3. The second-order valence-corrected chi connectivity index (χ2v) is 6.20. The maximum Gasteiger partial charge on any atom is 0.257 e. The molecule has 2 heterocycles. The van der Waals surface area contributed by atoms with E-state index in [0.29, 0.717) is 30.3 Å². The van der Waals surface area contributed by atoms with Gasteiger partial charge in [0.15, 0.2) is 5.82 Å². The fraction of sp³-hybridized carbons (Fsp3) is 0.444. The number of rotatable bonds is 6. The Labute approximate surface area is 141 Å². The summed E-state index contributed by atoms with van der Waals surface area (Å²) in [6.07, 6.45) is 7.23. The van der Waals surface area contributed by atoms with E-state index in [1.54, 1.807) is 22.0 Å². The zero-order chi connectivity index (χ0) is 16.9. The van der Waals surface area contributed by atoms with E-state index < -0.39 is 0 Å². The SMILES string of the molecule is Cc1c(C(=O)N(CCC#N)CC2CCC2)cnn1-c1ccccn1. The van der Waals surface area contributed by atoms with Gasteiger partial charge in [0.1, 0.15) is 0 Å². The fourth-order valence-corrected chi connectivity index (χ4v) is 2.95. The molecule has 1 aliphatic carbocycles. The van der Waals surface area contributed by atoms with E-state index in [4.69, 9.17) is 5.26 Å². The first-order valence-corrected chi connectivity index (χ1v) is 8.33. The molecule has 1 aliphatic rings. The summed E-state index contributed by atoms with van der Waals surface area (Å²) in [7, 11) is 0. The minimum Gasteiger partial charge on any atom is -0.337 e. The first-order valence-electron chi connectivity index (χ1n) is 8.33. The normalized spacial score (nSPS) is 14.0. The van der Waals surface area contributed by atoms with Crippen molar-refractivity contribution in [3.63, 3.8) is 0 Å². The smallest absolute Gasteiger partial charge is 0.257 e. The van der Waals surface area contributed by atoms with Gasteiger partial charge in [-0.15, -0.1) is 0 Å². The zero-order valence-corrected chi connectivity index (χ0v) is 13.9. The molecule has 6 heteroatoms. The van der Waals surface area contributed by atoms with E-state index in [9.17, 15) is 4.79 Å². The second kappa shape index (κ2) is 7.26. The number of nitrogens with zero attached hydrogens (tertiary/aromatic N) is 5. The van der Waals surface area contributed by atoms with Gasteiger partial charge in [-0.25, -0.2) is 9.67 Å². The van der Waals surface area contributed by atoms with Gasteiger partial charge in [-0.2, -0.15) is 10.4 Å². The quantitative estimate of drug-likeness (QED) is 0.819. The highest BCUT2D eigenvalue weighted by Gasteiger charge is 2.26. The van der Waals surface area contributed by atoms with E-state index in [-0.39, 0.29) is 5.91 Å². The summed E-state index contributed by atoms with van der Waals surface area (Å²) in [6.45, 7) is 3.08. The monoisotopic (exact) mass is 323 g/mol. The van der Waals surface area contributed by atoms with Crippen LogP contribution in [0.4, 0.5) is 0 Å². The Balaban J connectivity index is 1.82. The largest absolute Gasteiger partial charge is 0.337 e. The lowest BCUT2D eigenvalue weighted by Gasteiger charge is -2.32. The predicted octanol–water partition coefficient (Wildman–Crippen LogP) is 2.73.